The van der Waals surface area contributed by atoms with E-state index in [9.17, 15) is 4.79 Å². The van der Waals surface area contributed by atoms with Crippen molar-refractivity contribution in [2.45, 2.75) is 6.42 Å². The maximum atomic E-state index is 12.0. The molecule has 28 heavy (non-hydrogen) atoms. The largest absolute Gasteiger partial charge is 0.457 e. The third-order valence-electron chi connectivity index (χ3n) is 3.93. The molecule has 6 heteroatoms. The average Bonchev–Trinajstić information content (AvgIpc) is 2.74. The highest BCUT2D eigenvalue weighted by Gasteiger charge is 2.06. The van der Waals surface area contributed by atoms with Crippen LogP contribution in [0.3, 0.4) is 0 Å². The third kappa shape index (κ3) is 5.82. The first-order valence-electron chi connectivity index (χ1n) is 9.08. The van der Waals surface area contributed by atoms with Crippen molar-refractivity contribution in [2.24, 2.45) is 0 Å². The van der Waals surface area contributed by atoms with Gasteiger partial charge in [0.15, 0.2) is 0 Å². The van der Waals surface area contributed by atoms with E-state index in [1.54, 1.807) is 19.4 Å². The standard InChI is InChI=1S/C22H23N3O3/c1-27-15-5-14-23-22(26)21-13-10-18(16-24-21)25-17-8-11-20(12-9-17)28-19-6-3-2-4-7-19/h2-4,6-13,16,25H,5,14-15H2,1H3,(H,23,26). The Morgan fingerprint density at radius 1 is 0.929 bits per heavy atom. The summed E-state index contributed by atoms with van der Waals surface area (Å²) in [5.74, 6) is 1.36. The predicted octanol–water partition coefficient (Wildman–Crippen LogP) is 4.38. The van der Waals surface area contributed by atoms with Crippen LogP contribution in [0.25, 0.3) is 0 Å². The zero-order chi connectivity index (χ0) is 19.6. The summed E-state index contributed by atoms with van der Waals surface area (Å²) in [7, 11) is 1.64. The lowest BCUT2D eigenvalue weighted by Gasteiger charge is -2.09. The number of amides is 1. The Labute approximate surface area is 164 Å². The van der Waals surface area contributed by atoms with E-state index in [1.807, 2.05) is 60.7 Å². The van der Waals surface area contributed by atoms with Crippen LogP contribution in [0, 0.1) is 0 Å². The van der Waals surface area contributed by atoms with Crippen LogP contribution in [0.4, 0.5) is 11.4 Å². The van der Waals surface area contributed by atoms with Crippen molar-refractivity contribution < 1.29 is 14.3 Å². The molecule has 6 nitrogen and oxygen atoms in total. The molecule has 0 aliphatic carbocycles. The highest BCUT2D eigenvalue weighted by atomic mass is 16.5. The first-order valence-corrected chi connectivity index (χ1v) is 9.08. The first-order chi connectivity index (χ1) is 13.7. The van der Waals surface area contributed by atoms with Gasteiger partial charge in [-0.1, -0.05) is 18.2 Å². The van der Waals surface area contributed by atoms with Crippen molar-refractivity contribution in [1.82, 2.24) is 10.3 Å². The second-order valence-corrected chi connectivity index (χ2v) is 6.10. The Balaban J connectivity index is 1.53. The maximum Gasteiger partial charge on any atom is 0.269 e. The molecule has 3 aromatic rings. The van der Waals surface area contributed by atoms with Gasteiger partial charge >= 0.3 is 0 Å². The number of benzene rings is 2. The van der Waals surface area contributed by atoms with Crippen LogP contribution in [0.1, 0.15) is 16.9 Å². The number of hydrogen-bond donors (Lipinski definition) is 2. The number of methoxy groups -OCH3 is 1. The van der Waals surface area contributed by atoms with Crippen LogP contribution in [0.2, 0.25) is 0 Å². The molecule has 0 spiro atoms. The molecule has 0 saturated heterocycles. The number of rotatable bonds is 9. The molecule has 0 radical (unpaired) electrons. The topological polar surface area (TPSA) is 72.5 Å². The number of nitrogens with one attached hydrogen (secondary N) is 2. The minimum Gasteiger partial charge on any atom is -0.457 e. The van der Waals surface area contributed by atoms with Gasteiger partial charge in [0.05, 0.1) is 11.9 Å². The van der Waals surface area contributed by atoms with Gasteiger partial charge in [-0.2, -0.15) is 0 Å². The Hall–Kier alpha value is -3.38. The summed E-state index contributed by atoms with van der Waals surface area (Å²) in [6, 6.07) is 20.8. The molecular formula is C22H23N3O3. The molecule has 0 saturated carbocycles. The van der Waals surface area contributed by atoms with Gasteiger partial charge in [0.2, 0.25) is 0 Å². The molecule has 2 aromatic carbocycles. The van der Waals surface area contributed by atoms with E-state index in [1.165, 1.54) is 0 Å². The van der Waals surface area contributed by atoms with E-state index in [0.29, 0.717) is 18.8 Å². The van der Waals surface area contributed by atoms with Gasteiger partial charge in [-0.3, -0.25) is 4.79 Å². The summed E-state index contributed by atoms with van der Waals surface area (Å²) in [6.07, 6.45) is 2.41. The van der Waals surface area contributed by atoms with Gasteiger partial charge in [0.1, 0.15) is 17.2 Å². The zero-order valence-corrected chi connectivity index (χ0v) is 15.7. The van der Waals surface area contributed by atoms with E-state index in [-0.39, 0.29) is 5.91 Å². The van der Waals surface area contributed by atoms with Crippen molar-refractivity contribution in [3.05, 3.63) is 78.6 Å². The fourth-order valence-electron chi connectivity index (χ4n) is 2.51. The van der Waals surface area contributed by atoms with Crippen molar-refractivity contribution in [1.29, 1.82) is 0 Å². The van der Waals surface area contributed by atoms with E-state index < -0.39 is 0 Å². The molecule has 1 aromatic heterocycles. The summed E-state index contributed by atoms with van der Waals surface area (Å²) in [6.45, 7) is 1.18. The molecular weight excluding hydrogens is 354 g/mol. The maximum absolute atomic E-state index is 12.0. The molecule has 0 fully saturated rings. The number of carbonyl (C=O) groups is 1. The molecule has 144 valence electrons. The van der Waals surface area contributed by atoms with Gasteiger partial charge in [-0.15, -0.1) is 0 Å². The van der Waals surface area contributed by atoms with Gasteiger partial charge in [-0.05, 0) is 55.0 Å². The minimum atomic E-state index is -0.190. The summed E-state index contributed by atoms with van der Waals surface area (Å²) in [4.78, 5) is 16.2. The molecule has 0 atom stereocenters. The van der Waals surface area contributed by atoms with Crippen molar-refractivity contribution in [3.63, 3.8) is 0 Å². The molecule has 0 unspecified atom stereocenters. The molecule has 2 N–H and O–H groups in total. The molecule has 1 heterocycles. The second-order valence-electron chi connectivity index (χ2n) is 6.10. The van der Waals surface area contributed by atoms with Gasteiger partial charge in [0.25, 0.3) is 5.91 Å². The molecule has 0 bridgehead atoms. The summed E-state index contributed by atoms with van der Waals surface area (Å²) in [5.41, 5.74) is 2.08. The van der Waals surface area contributed by atoms with Crippen LogP contribution in [0.5, 0.6) is 11.5 Å². The van der Waals surface area contributed by atoms with Crippen molar-refractivity contribution in [2.75, 3.05) is 25.6 Å². The number of pyridine rings is 1. The minimum absolute atomic E-state index is 0.190. The molecule has 0 aliphatic rings. The first kappa shape index (κ1) is 19.4. The monoisotopic (exact) mass is 377 g/mol. The fraction of sp³-hybridized carbons (Fsp3) is 0.182. The van der Waals surface area contributed by atoms with Gasteiger partial charge in [-0.25, -0.2) is 4.98 Å². The highest BCUT2D eigenvalue weighted by molar-refractivity contribution is 5.92. The van der Waals surface area contributed by atoms with E-state index in [4.69, 9.17) is 9.47 Å². The van der Waals surface area contributed by atoms with Gasteiger partial charge in [0, 0.05) is 25.9 Å². The number of hydrogen-bond acceptors (Lipinski definition) is 5. The Morgan fingerprint density at radius 2 is 1.64 bits per heavy atom. The van der Waals surface area contributed by atoms with Crippen LogP contribution in [-0.4, -0.2) is 31.2 Å². The van der Waals surface area contributed by atoms with Crippen LogP contribution >= 0.6 is 0 Å². The van der Waals surface area contributed by atoms with E-state index >= 15 is 0 Å². The van der Waals surface area contributed by atoms with Crippen molar-refractivity contribution in [3.8, 4) is 11.5 Å². The zero-order valence-electron chi connectivity index (χ0n) is 15.7. The normalized spacial score (nSPS) is 10.3. The van der Waals surface area contributed by atoms with Gasteiger partial charge < -0.3 is 20.1 Å². The third-order valence-corrected chi connectivity index (χ3v) is 3.93. The Morgan fingerprint density at radius 3 is 2.32 bits per heavy atom. The van der Waals surface area contributed by atoms with Crippen molar-refractivity contribution >= 4 is 17.3 Å². The number of carbonyl (C=O) groups excluding carboxylic acids is 1. The van der Waals surface area contributed by atoms with Crippen LogP contribution < -0.4 is 15.4 Å². The molecule has 3 rings (SSSR count). The lowest BCUT2D eigenvalue weighted by Crippen LogP contribution is -2.26. The van der Waals surface area contributed by atoms with Crippen LogP contribution in [0.15, 0.2) is 72.9 Å². The molecule has 1 amide bonds. The number of nitrogens with zero attached hydrogens (tertiary/aromatic N) is 1. The van der Waals surface area contributed by atoms with E-state index in [0.717, 1.165) is 29.3 Å². The molecule has 0 aliphatic heterocycles. The van der Waals surface area contributed by atoms with Crippen LogP contribution in [-0.2, 0) is 4.74 Å². The summed E-state index contributed by atoms with van der Waals surface area (Å²) >= 11 is 0. The number of anilines is 2. The average molecular weight is 377 g/mol. The Bertz CT molecular complexity index is 866. The van der Waals surface area contributed by atoms with E-state index in [2.05, 4.69) is 15.6 Å². The SMILES string of the molecule is COCCCNC(=O)c1ccc(Nc2ccc(Oc3ccccc3)cc2)cn1. The predicted molar refractivity (Wildman–Crippen MR) is 109 cm³/mol. The summed E-state index contributed by atoms with van der Waals surface area (Å²) < 4.78 is 10.7. The summed E-state index contributed by atoms with van der Waals surface area (Å²) in [5, 5.41) is 6.07. The fourth-order valence-corrected chi connectivity index (χ4v) is 2.51. The number of aromatic nitrogens is 1. The second kappa shape index (κ2) is 10.1. The smallest absolute Gasteiger partial charge is 0.269 e. The lowest BCUT2D eigenvalue weighted by atomic mass is 10.2. The number of para-hydroxylation sites is 1. The number of ether oxygens (including phenoxy) is 2. The Kier molecular flexibility index (Phi) is 6.98. The lowest BCUT2D eigenvalue weighted by molar-refractivity contribution is 0.0943. The highest BCUT2D eigenvalue weighted by Crippen LogP contribution is 2.24. The quantitative estimate of drug-likeness (QED) is 0.541.